The fourth-order valence-corrected chi connectivity index (χ4v) is 2.71. The van der Waals surface area contributed by atoms with Gasteiger partial charge in [0.2, 0.25) is 0 Å². The summed E-state index contributed by atoms with van der Waals surface area (Å²) in [7, 11) is 2.90. The summed E-state index contributed by atoms with van der Waals surface area (Å²) in [4.78, 5) is 28.6. The van der Waals surface area contributed by atoms with Gasteiger partial charge < -0.3 is 14.6 Å². The van der Waals surface area contributed by atoms with Gasteiger partial charge in [0.15, 0.2) is 0 Å². The van der Waals surface area contributed by atoms with Crippen molar-refractivity contribution < 1.29 is 18.7 Å². The lowest BCUT2D eigenvalue weighted by atomic mass is 10.1. The number of aromatic amines is 1. The summed E-state index contributed by atoms with van der Waals surface area (Å²) in [6, 6.07) is 3.65. The Kier molecular flexibility index (Phi) is 5.29. The number of esters is 1. The molecule has 0 saturated carbocycles. The van der Waals surface area contributed by atoms with E-state index in [-0.39, 0.29) is 17.1 Å². The monoisotopic (exact) mass is 352 g/mol. The van der Waals surface area contributed by atoms with Crippen molar-refractivity contribution in [3.63, 3.8) is 0 Å². The second-order valence-corrected chi connectivity index (χ2v) is 5.91. The van der Waals surface area contributed by atoms with Crippen LogP contribution in [0.1, 0.15) is 37.7 Å². The number of aromatic nitrogens is 1. The minimum Gasteiger partial charge on any atom is -0.464 e. The predicted molar refractivity (Wildman–Crippen MR) is 88.8 cm³/mol. The van der Waals surface area contributed by atoms with Gasteiger partial charge in [-0.25, -0.2) is 9.18 Å². The van der Waals surface area contributed by atoms with E-state index in [2.05, 4.69) is 4.98 Å². The second kappa shape index (κ2) is 7.05. The van der Waals surface area contributed by atoms with E-state index in [0.29, 0.717) is 11.3 Å². The average Bonchev–Trinajstić information content (AvgIpc) is 2.83. The minimum atomic E-state index is -0.530. The van der Waals surface area contributed by atoms with Gasteiger partial charge in [-0.2, -0.15) is 0 Å². The van der Waals surface area contributed by atoms with Crippen molar-refractivity contribution in [2.45, 2.75) is 20.4 Å². The van der Waals surface area contributed by atoms with E-state index in [1.165, 1.54) is 24.1 Å². The van der Waals surface area contributed by atoms with E-state index in [0.717, 1.165) is 17.3 Å². The Morgan fingerprint density at radius 2 is 2.00 bits per heavy atom. The minimum absolute atomic E-state index is 0.0956. The molecule has 2 aromatic rings. The summed E-state index contributed by atoms with van der Waals surface area (Å²) in [6.45, 7) is 3.83. The highest BCUT2D eigenvalue weighted by molar-refractivity contribution is 6.33. The Morgan fingerprint density at radius 3 is 2.62 bits per heavy atom. The number of methoxy groups -OCH3 is 1. The highest BCUT2D eigenvalue weighted by Gasteiger charge is 2.22. The molecule has 0 aliphatic heterocycles. The number of hydrogen-bond acceptors (Lipinski definition) is 3. The van der Waals surface area contributed by atoms with Gasteiger partial charge in [-0.1, -0.05) is 11.6 Å². The van der Waals surface area contributed by atoms with Crippen LogP contribution in [0.3, 0.4) is 0 Å². The zero-order valence-electron chi connectivity index (χ0n) is 13.9. The van der Waals surface area contributed by atoms with Crippen molar-refractivity contribution in [2.24, 2.45) is 0 Å². The molecule has 0 bridgehead atoms. The maximum absolute atomic E-state index is 13.4. The summed E-state index contributed by atoms with van der Waals surface area (Å²) in [5.41, 5.74) is 2.73. The molecular weight excluding hydrogens is 335 g/mol. The Bertz CT molecular complexity index is 801. The maximum atomic E-state index is 13.4. The van der Waals surface area contributed by atoms with E-state index in [4.69, 9.17) is 16.3 Å². The van der Waals surface area contributed by atoms with Crippen molar-refractivity contribution in [3.8, 4) is 0 Å². The third kappa shape index (κ3) is 3.43. The van der Waals surface area contributed by atoms with Crippen LogP contribution in [0.5, 0.6) is 0 Å². The molecular formula is C17H18ClFN2O3. The predicted octanol–water partition coefficient (Wildman–Crippen LogP) is 3.48. The van der Waals surface area contributed by atoms with Crippen molar-refractivity contribution in [1.82, 2.24) is 9.88 Å². The molecule has 0 aliphatic carbocycles. The summed E-state index contributed by atoms with van der Waals surface area (Å²) >= 11 is 5.98. The molecule has 0 aliphatic rings. The number of nitrogens with one attached hydrogen (secondary N) is 1. The van der Waals surface area contributed by atoms with Crippen LogP contribution < -0.4 is 0 Å². The van der Waals surface area contributed by atoms with Gasteiger partial charge in [0.05, 0.1) is 17.7 Å². The number of carbonyl (C=O) groups is 2. The van der Waals surface area contributed by atoms with Crippen LogP contribution in [-0.4, -0.2) is 35.9 Å². The number of amides is 1. The lowest BCUT2D eigenvalue weighted by molar-refractivity contribution is 0.0593. The number of H-pyrrole nitrogens is 1. The van der Waals surface area contributed by atoms with E-state index in [1.807, 2.05) is 6.92 Å². The molecule has 0 atom stereocenters. The van der Waals surface area contributed by atoms with Gasteiger partial charge in [0.25, 0.3) is 5.91 Å². The summed E-state index contributed by atoms with van der Waals surface area (Å²) in [6.07, 6.45) is 0. The molecule has 24 heavy (non-hydrogen) atoms. The molecule has 1 amide bonds. The van der Waals surface area contributed by atoms with Gasteiger partial charge in [-0.3, -0.25) is 4.79 Å². The van der Waals surface area contributed by atoms with Crippen molar-refractivity contribution in [2.75, 3.05) is 14.2 Å². The molecule has 1 heterocycles. The first-order chi connectivity index (χ1) is 11.3. The van der Waals surface area contributed by atoms with Crippen LogP contribution in [0, 0.1) is 19.7 Å². The summed E-state index contributed by atoms with van der Waals surface area (Å²) in [5.74, 6) is -1.40. The normalized spacial score (nSPS) is 10.6. The molecule has 0 spiro atoms. The zero-order valence-corrected chi connectivity index (χ0v) is 14.6. The van der Waals surface area contributed by atoms with E-state index >= 15 is 0 Å². The summed E-state index contributed by atoms with van der Waals surface area (Å²) < 4.78 is 18.1. The Morgan fingerprint density at radius 1 is 1.33 bits per heavy atom. The van der Waals surface area contributed by atoms with Gasteiger partial charge in [-0.15, -0.1) is 0 Å². The number of ether oxygens (including phenoxy) is 1. The first-order valence-corrected chi connectivity index (χ1v) is 7.61. The quantitative estimate of drug-likeness (QED) is 0.857. The summed E-state index contributed by atoms with van der Waals surface area (Å²) in [5, 5.41) is 0.186. The van der Waals surface area contributed by atoms with Crippen LogP contribution in [0.2, 0.25) is 5.02 Å². The highest BCUT2D eigenvalue weighted by Crippen LogP contribution is 2.23. The number of benzene rings is 1. The molecule has 1 aromatic carbocycles. The largest absolute Gasteiger partial charge is 0.464 e. The molecule has 1 N–H and O–H groups in total. The number of halogens is 2. The maximum Gasteiger partial charge on any atom is 0.354 e. The van der Waals surface area contributed by atoms with Gasteiger partial charge >= 0.3 is 5.97 Å². The van der Waals surface area contributed by atoms with Crippen molar-refractivity contribution >= 4 is 23.5 Å². The number of nitrogens with zero attached hydrogens (tertiary/aromatic N) is 1. The molecule has 0 radical (unpaired) electrons. The molecule has 7 heteroatoms. The number of aryl methyl sites for hydroxylation is 1. The van der Waals surface area contributed by atoms with Crippen molar-refractivity contribution in [1.29, 1.82) is 0 Å². The smallest absolute Gasteiger partial charge is 0.354 e. The zero-order chi connectivity index (χ0) is 18.0. The Hall–Kier alpha value is -2.34. The molecule has 0 fully saturated rings. The van der Waals surface area contributed by atoms with E-state index < -0.39 is 17.7 Å². The lowest BCUT2D eigenvalue weighted by Crippen LogP contribution is -2.27. The van der Waals surface area contributed by atoms with Crippen molar-refractivity contribution in [3.05, 3.63) is 57.1 Å². The van der Waals surface area contributed by atoms with Crippen LogP contribution >= 0.6 is 11.6 Å². The average molecular weight is 353 g/mol. The third-order valence-electron chi connectivity index (χ3n) is 3.88. The molecule has 5 nitrogen and oxygen atoms in total. The first-order valence-electron chi connectivity index (χ1n) is 7.23. The number of rotatable bonds is 4. The fraction of sp³-hybridized carbons (Fsp3) is 0.294. The number of carbonyl (C=O) groups excluding carboxylic acids is 2. The Labute approximate surface area is 144 Å². The Balaban J connectivity index is 2.28. The molecule has 2 rings (SSSR count). The third-order valence-corrected chi connectivity index (χ3v) is 4.21. The molecule has 0 saturated heterocycles. The van der Waals surface area contributed by atoms with Crippen LogP contribution in [0.25, 0.3) is 0 Å². The SMILES string of the molecule is COC(=O)c1[nH]c(C)c(CN(C)C(=O)c2cc(F)ccc2Cl)c1C. The van der Waals surface area contributed by atoms with Gasteiger partial charge in [0, 0.05) is 19.3 Å². The van der Waals surface area contributed by atoms with Gasteiger partial charge in [0.1, 0.15) is 11.5 Å². The van der Waals surface area contributed by atoms with Gasteiger partial charge in [-0.05, 0) is 43.2 Å². The number of hydrogen-bond donors (Lipinski definition) is 1. The molecule has 0 unspecified atom stereocenters. The topological polar surface area (TPSA) is 62.4 Å². The van der Waals surface area contributed by atoms with Crippen LogP contribution in [-0.2, 0) is 11.3 Å². The molecule has 128 valence electrons. The fourth-order valence-electron chi connectivity index (χ4n) is 2.51. The molecule has 1 aromatic heterocycles. The lowest BCUT2D eigenvalue weighted by Gasteiger charge is -2.18. The first kappa shape index (κ1) is 18.0. The van der Waals surface area contributed by atoms with E-state index in [9.17, 15) is 14.0 Å². The highest BCUT2D eigenvalue weighted by atomic mass is 35.5. The van der Waals surface area contributed by atoms with Crippen LogP contribution in [0.4, 0.5) is 4.39 Å². The van der Waals surface area contributed by atoms with Crippen LogP contribution in [0.15, 0.2) is 18.2 Å². The second-order valence-electron chi connectivity index (χ2n) is 5.51. The van der Waals surface area contributed by atoms with E-state index in [1.54, 1.807) is 14.0 Å². The standard InChI is InChI=1S/C17H18ClFN2O3/c1-9-13(10(2)20-15(9)17(23)24-4)8-21(3)16(22)12-7-11(19)5-6-14(12)18/h5-7,20H,8H2,1-4H3.